The number of amides is 1. The van der Waals surface area contributed by atoms with E-state index in [1.165, 1.54) is 127 Å². The normalized spacial score (nSPS) is 20.8. The van der Waals surface area contributed by atoms with Crippen molar-refractivity contribution in [2.24, 2.45) is 32.7 Å². The molecular formula is C64H119N7O6. The average Bonchev–Trinajstić information content (AvgIpc) is 4.00. The predicted molar refractivity (Wildman–Crippen MR) is 332 cm³/mol. The summed E-state index contributed by atoms with van der Waals surface area (Å²) in [5.41, 5.74) is 3.40. The molecule has 1 heterocycles. The number of piperidine rings is 1. The van der Waals surface area contributed by atoms with Crippen molar-refractivity contribution < 1.29 is 29.0 Å². The van der Waals surface area contributed by atoms with E-state index >= 15 is 0 Å². The largest absolute Gasteiger partial charge is 0.491 e. The number of likely N-dealkylation sites (tertiary alicyclic amines) is 1. The summed E-state index contributed by atoms with van der Waals surface area (Å²) >= 11 is 0. The summed E-state index contributed by atoms with van der Waals surface area (Å²) < 4.78 is 5.98. The summed E-state index contributed by atoms with van der Waals surface area (Å²) in [6.45, 7) is 31.0. The summed E-state index contributed by atoms with van der Waals surface area (Å²) in [4.78, 5) is 60.5. The van der Waals surface area contributed by atoms with Gasteiger partial charge in [0.25, 0.3) is 0 Å². The van der Waals surface area contributed by atoms with E-state index in [1.54, 1.807) is 25.9 Å². The van der Waals surface area contributed by atoms with Gasteiger partial charge in [0.05, 0.1) is 30.4 Å². The molecule has 0 bridgehead atoms. The van der Waals surface area contributed by atoms with Crippen LogP contribution in [0.2, 0.25) is 0 Å². The van der Waals surface area contributed by atoms with Crippen LogP contribution in [-0.4, -0.2) is 127 Å². The molecule has 4 unspecified atom stereocenters. The number of aldehydes is 2. The summed E-state index contributed by atoms with van der Waals surface area (Å²) in [6, 6.07) is 6.43. The maximum atomic E-state index is 12.1. The summed E-state index contributed by atoms with van der Waals surface area (Å²) in [5, 5.41) is 13.4. The molecule has 3 N–H and O–H groups in total. The van der Waals surface area contributed by atoms with Crippen LogP contribution < -0.4 is 25.2 Å². The second-order valence-electron chi connectivity index (χ2n) is 22.1. The van der Waals surface area contributed by atoms with Crippen molar-refractivity contribution in [3.8, 4) is 5.75 Å². The second kappa shape index (κ2) is 46.0. The number of aliphatic hydroxyl groups excluding tert-OH is 1. The minimum absolute atomic E-state index is 0.218. The standard InChI is InChI=1S/C26H44N4O.C22H34N2O4.C7H14.2C3H8.C2H7N.CH4O/c1-6-11-25(7-2)12-8-23(17-25)30-15-9-22(10-16-30)29-19-28-18-24(20(3)27-5)26(13-14-26)21(4)31;1-4-5-6-7-8-9-16-28-21-14-10-13-20(22(21)23(2)18-27)24(3)19(17-26)12-11-15-25;1-6-4-3-5-7(6)2;3*1-3-2;1-2/h18,22-23,29H,5-17,19H2,1-4H3;10,13-15,17-19H,4-9,11-12,16H2,1-3H3;6-7H,3-5H2,1-2H3;2*3H2,1-2H3;3H,1-2H3;2H,1H3/b24-20+,28-18-;;;;;;/t23-,25?;;;;;;/m1....../s1. The number of rotatable bonds is 27. The Morgan fingerprint density at radius 1 is 0.870 bits per heavy atom. The van der Waals surface area contributed by atoms with Crippen molar-refractivity contribution in [3.63, 3.8) is 0 Å². The summed E-state index contributed by atoms with van der Waals surface area (Å²) in [7, 11) is 8.21. The molecule has 0 spiro atoms. The van der Waals surface area contributed by atoms with Crippen LogP contribution in [0.5, 0.6) is 5.75 Å². The molecule has 77 heavy (non-hydrogen) atoms. The number of carbonyl (C=O) groups is 4. The van der Waals surface area contributed by atoms with Crippen molar-refractivity contribution in [2.75, 3.05) is 71.5 Å². The van der Waals surface area contributed by atoms with Crippen LogP contribution in [0.1, 0.15) is 224 Å². The molecule has 3 saturated carbocycles. The fourth-order valence-electron chi connectivity index (χ4n) is 10.6. The van der Waals surface area contributed by atoms with E-state index in [-0.39, 0.29) is 11.2 Å². The lowest BCUT2D eigenvalue weighted by Gasteiger charge is -2.37. The lowest BCUT2D eigenvalue weighted by atomic mass is 9.79. The summed E-state index contributed by atoms with van der Waals surface area (Å²) in [6.07, 6.45) is 31.4. The lowest BCUT2D eigenvalue weighted by molar-refractivity contribution is -0.120. The number of aliphatic imine (C=N–C) groups is 2. The first-order valence-corrected chi connectivity index (χ1v) is 30.3. The van der Waals surface area contributed by atoms with Gasteiger partial charge in [-0.05, 0) is 141 Å². The van der Waals surface area contributed by atoms with E-state index in [0.29, 0.717) is 49.0 Å². The SMILES string of the molecule is C=N/C(C)=C(\C=N/CNC1CCN([C@@H]2CCC(CC)(CCC)C2)CC1)C1(C(C)=O)CC1.CC1CCCC1C.CCC.CCC.CCCCCCCCOc1cccc(N(C)C(C=O)CCC=O)c1N(C)C=O.CNC.CO. The summed E-state index contributed by atoms with van der Waals surface area (Å²) in [5.74, 6) is 2.86. The van der Waals surface area contributed by atoms with Crippen molar-refractivity contribution >= 4 is 49.1 Å². The van der Waals surface area contributed by atoms with Crippen LogP contribution in [0, 0.1) is 22.7 Å². The number of unbranched alkanes of at least 4 members (excludes halogenated alkanes) is 5. The number of hydrogen-bond acceptors (Lipinski definition) is 12. The number of benzene rings is 1. The smallest absolute Gasteiger partial charge is 0.214 e. The quantitative estimate of drug-likeness (QED) is 0.0440. The molecule has 0 radical (unpaired) electrons. The third-order valence-electron chi connectivity index (χ3n) is 15.7. The first kappa shape index (κ1) is 75.3. The number of aliphatic hydroxyl groups is 1. The van der Waals surface area contributed by atoms with Crippen LogP contribution in [0.25, 0.3) is 0 Å². The maximum Gasteiger partial charge on any atom is 0.214 e. The van der Waals surface area contributed by atoms with Crippen molar-refractivity contribution in [2.45, 2.75) is 242 Å². The second-order valence-corrected chi connectivity index (χ2v) is 22.1. The number of likely N-dealkylation sites (N-methyl/N-ethyl adjacent to an activating group) is 1. The van der Waals surface area contributed by atoms with Crippen molar-refractivity contribution in [1.29, 1.82) is 0 Å². The number of para-hydroxylation sites is 1. The zero-order chi connectivity index (χ0) is 58.7. The Balaban J connectivity index is 0. The molecule has 446 valence electrons. The van der Waals surface area contributed by atoms with Gasteiger partial charge in [-0.25, -0.2) is 0 Å². The fourth-order valence-corrected chi connectivity index (χ4v) is 10.6. The molecule has 1 aromatic rings. The van der Waals surface area contributed by atoms with Crippen LogP contribution >= 0.6 is 0 Å². The van der Waals surface area contributed by atoms with E-state index in [9.17, 15) is 19.2 Å². The predicted octanol–water partition coefficient (Wildman–Crippen LogP) is 13.9. The van der Waals surface area contributed by atoms with E-state index in [1.807, 2.05) is 45.4 Å². The molecule has 4 aliphatic rings. The number of hydrogen-bond donors (Lipinski definition) is 3. The fraction of sp³-hybridized carbons (Fsp3) is 0.781. The van der Waals surface area contributed by atoms with Gasteiger partial charge in [0.15, 0.2) is 0 Å². The topological polar surface area (TPSA) is 156 Å². The molecule has 1 saturated heterocycles. The van der Waals surface area contributed by atoms with Gasteiger partial charge < -0.3 is 39.4 Å². The molecule has 3 aliphatic carbocycles. The van der Waals surface area contributed by atoms with Crippen molar-refractivity contribution in [3.05, 3.63) is 29.5 Å². The van der Waals surface area contributed by atoms with Gasteiger partial charge in [0.2, 0.25) is 6.41 Å². The Bertz CT molecular complexity index is 1730. The number of ether oxygens (including phenoxy) is 1. The van der Waals surface area contributed by atoms with E-state index in [4.69, 9.17) is 9.84 Å². The first-order valence-electron chi connectivity index (χ1n) is 30.3. The number of anilines is 2. The zero-order valence-corrected chi connectivity index (χ0v) is 52.5. The molecule has 5 atom stereocenters. The highest BCUT2D eigenvalue weighted by Crippen LogP contribution is 2.53. The molecule has 0 aromatic heterocycles. The molecule has 1 aliphatic heterocycles. The van der Waals surface area contributed by atoms with Gasteiger partial charge in [0, 0.05) is 57.2 Å². The van der Waals surface area contributed by atoms with Gasteiger partial charge >= 0.3 is 0 Å². The van der Waals surface area contributed by atoms with Crippen LogP contribution in [0.3, 0.4) is 0 Å². The molecule has 4 fully saturated rings. The maximum absolute atomic E-state index is 12.1. The number of nitrogens with zero attached hydrogens (tertiary/aromatic N) is 5. The molecule has 13 heteroatoms. The highest BCUT2D eigenvalue weighted by atomic mass is 16.5. The van der Waals surface area contributed by atoms with Gasteiger partial charge in [-0.2, -0.15) is 0 Å². The van der Waals surface area contributed by atoms with Crippen molar-refractivity contribution in [1.82, 2.24) is 15.5 Å². The highest BCUT2D eigenvalue weighted by Gasteiger charge is 2.50. The number of nitrogens with one attached hydrogen (secondary N) is 2. The van der Waals surface area contributed by atoms with Gasteiger partial charge in [0.1, 0.15) is 29.8 Å². The van der Waals surface area contributed by atoms with E-state index in [0.717, 1.165) is 86.6 Å². The Morgan fingerprint density at radius 3 is 1.92 bits per heavy atom. The van der Waals surface area contributed by atoms with E-state index in [2.05, 4.69) is 94.5 Å². The lowest BCUT2D eigenvalue weighted by Crippen LogP contribution is -2.46. The number of ketones is 1. The Labute approximate surface area is 473 Å². The molecule has 1 amide bonds. The van der Waals surface area contributed by atoms with Crippen LogP contribution in [0.4, 0.5) is 11.4 Å². The Kier molecular flexibility index (Phi) is 45.0. The molecule has 5 rings (SSSR count). The third kappa shape index (κ3) is 28.8. The minimum atomic E-state index is -0.446. The average molecular weight is 1080 g/mol. The molecule has 1 aromatic carbocycles. The highest BCUT2D eigenvalue weighted by molar-refractivity contribution is 5.98. The van der Waals surface area contributed by atoms with Gasteiger partial charge in [-0.1, -0.05) is 145 Å². The van der Waals surface area contributed by atoms with Crippen LogP contribution in [-0.2, 0) is 19.2 Å². The third-order valence-corrected chi connectivity index (χ3v) is 15.7. The number of Topliss-reactive ketones (excluding diaryl/α,β-unsaturated/α-hetero) is 1. The zero-order valence-electron chi connectivity index (χ0n) is 52.5. The molecule has 13 nitrogen and oxygen atoms in total. The monoisotopic (exact) mass is 1080 g/mol. The molecular weight excluding hydrogens is 963 g/mol. The Hall–Kier alpha value is -3.78. The van der Waals surface area contributed by atoms with Gasteiger partial charge in [-0.3, -0.25) is 24.9 Å². The van der Waals surface area contributed by atoms with E-state index < -0.39 is 6.04 Å². The first-order chi connectivity index (χ1) is 37.0. The number of allylic oxidation sites excluding steroid dienone is 2. The Morgan fingerprint density at radius 2 is 1.45 bits per heavy atom. The number of carbonyl (C=O) groups excluding carboxylic acids is 4. The minimum Gasteiger partial charge on any atom is -0.491 e. The van der Waals surface area contributed by atoms with Gasteiger partial charge in [-0.15, -0.1) is 0 Å². The van der Waals surface area contributed by atoms with Crippen LogP contribution in [0.15, 0.2) is 39.5 Å².